The number of carbonyl (C=O) groups is 1. The lowest BCUT2D eigenvalue weighted by atomic mass is 10.0. The van der Waals surface area contributed by atoms with Crippen molar-refractivity contribution in [3.63, 3.8) is 0 Å². The van der Waals surface area contributed by atoms with E-state index < -0.39 is 0 Å². The van der Waals surface area contributed by atoms with E-state index in [0.717, 1.165) is 17.2 Å². The fraction of sp³-hybridized carbons (Fsp3) is 0.333. The van der Waals surface area contributed by atoms with Crippen LogP contribution < -0.4 is 16.3 Å². The van der Waals surface area contributed by atoms with Crippen LogP contribution in [0.4, 0.5) is 0 Å². The Balaban J connectivity index is 1.44. The largest absolute Gasteiger partial charge is 0.507 e. The van der Waals surface area contributed by atoms with Gasteiger partial charge in [-0.15, -0.1) is 0 Å². The highest BCUT2D eigenvalue weighted by atomic mass is 16.3. The van der Waals surface area contributed by atoms with Gasteiger partial charge in [0.2, 0.25) is 0 Å². The van der Waals surface area contributed by atoms with Crippen molar-refractivity contribution >= 4 is 22.9 Å². The third-order valence-corrected chi connectivity index (χ3v) is 4.76. The topological polar surface area (TPSA) is 85.8 Å². The van der Waals surface area contributed by atoms with Crippen LogP contribution in [0.2, 0.25) is 0 Å². The van der Waals surface area contributed by atoms with Gasteiger partial charge < -0.3 is 5.11 Å². The SMILES string of the molecule is O=C(N/N=C/c1c(O)ccc2ccccc12)C1CC(C2CC2)NN1. The molecule has 2 aromatic carbocycles. The fourth-order valence-electron chi connectivity index (χ4n) is 3.22. The Morgan fingerprint density at radius 2 is 2.04 bits per heavy atom. The van der Waals surface area contributed by atoms with E-state index >= 15 is 0 Å². The number of carbonyl (C=O) groups excluding carboxylic acids is 1. The van der Waals surface area contributed by atoms with Gasteiger partial charge in [-0.25, -0.2) is 10.9 Å². The zero-order valence-electron chi connectivity index (χ0n) is 13.2. The Bertz CT molecular complexity index is 801. The second-order valence-electron chi connectivity index (χ2n) is 6.47. The van der Waals surface area contributed by atoms with Crippen LogP contribution in [-0.4, -0.2) is 29.3 Å². The van der Waals surface area contributed by atoms with Crippen molar-refractivity contribution in [2.75, 3.05) is 0 Å². The minimum absolute atomic E-state index is 0.140. The second-order valence-corrected chi connectivity index (χ2v) is 6.47. The average Bonchev–Trinajstić information content (AvgIpc) is 3.33. The van der Waals surface area contributed by atoms with Gasteiger partial charge in [-0.2, -0.15) is 5.10 Å². The first-order valence-corrected chi connectivity index (χ1v) is 8.27. The van der Waals surface area contributed by atoms with Crippen molar-refractivity contribution in [1.82, 2.24) is 16.3 Å². The Kier molecular flexibility index (Phi) is 3.92. The summed E-state index contributed by atoms with van der Waals surface area (Å²) >= 11 is 0. The predicted molar refractivity (Wildman–Crippen MR) is 92.5 cm³/mol. The fourth-order valence-corrected chi connectivity index (χ4v) is 3.22. The first-order valence-electron chi connectivity index (χ1n) is 8.27. The molecule has 1 saturated heterocycles. The van der Waals surface area contributed by atoms with Gasteiger partial charge in [0.25, 0.3) is 5.91 Å². The number of fused-ring (bicyclic) bond motifs is 1. The molecule has 1 heterocycles. The van der Waals surface area contributed by atoms with E-state index in [2.05, 4.69) is 21.4 Å². The molecule has 124 valence electrons. The van der Waals surface area contributed by atoms with Crippen molar-refractivity contribution in [2.24, 2.45) is 11.0 Å². The molecule has 6 nitrogen and oxygen atoms in total. The quantitative estimate of drug-likeness (QED) is 0.509. The lowest BCUT2D eigenvalue weighted by molar-refractivity contribution is -0.122. The van der Waals surface area contributed by atoms with Crippen LogP contribution in [0.15, 0.2) is 41.5 Å². The summed E-state index contributed by atoms with van der Waals surface area (Å²) in [6.45, 7) is 0. The highest BCUT2D eigenvalue weighted by Gasteiger charge is 2.38. The summed E-state index contributed by atoms with van der Waals surface area (Å²) < 4.78 is 0. The molecule has 1 amide bonds. The standard InChI is InChI=1S/C18H20N4O2/c23-17-8-7-11-3-1-2-4-13(11)14(17)10-19-22-18(24)16-9-15(20-21-16)12-5-6-12/h1-4,7-8,10,12,15-16,20-21,23H,5-6,9H2,(H,22,24)/b19-10+. The van der Waals surface area contributed by atoms with Crippen molar-refractivity contribution in [3.05, 3.63) is 42.0 Å². The Hall–Kier alpha value is -2.44. The number of hydrazone groups is 1. The van der Waals surface area contributed by atoms with E-state index in [1.54, 1.807) is 6.07 Å². The van der Waals surface area contributed by atoms with E-state index in [4.69, 9.17) is 0 Å². The molecule has 2 unspecified atom stereocenters. The average molecular weight is 324 g/mol. The lowest BCUT2D eigenvalue weighted by Gasteiger charge is -2.07. The number of amides is 1. The number of aromatic hydroxyl groups is 1. The van der Waals surface area contributed by atoms with Crippen molar-refractivity contribution < 1.29 is 9.90 Å². The molecule has 1 aliphatic carbocycles. The molecule has 4 N–H and O–H groups in total. The summed E-state index contributed by atoms with van der Waals surface area (Å²) in [5.74, 6) is 0.675. The van der Waals surface area contributed by atoms with Crippen molar-refractivity contribution in [3.8, 4) is 5.75 Å². The van der Waals surface area contributed by atoms with Crippen LogP contribution in [0.5, 0.6) is 5.75 Å². The maximum atomic E-state index is 12.2. The summed E-state index contributed by atoms with van der Waals surface area (Å²) in [5.41, 5.74) is 9.38. The summed E-state index contributed by atoms with van der Waals surface area (Å²) in [4.78, 5) is 12.2. The summed E-state index contributed by atoms with van der Waals surface area (Å²) in [6, 6.07) is 11.3. The number of phenols is 1. The third-order valence-electron chi connectivity index (χ3n) is 4.76. The Morgan fingerprint density at radius 3 is 2.88 bits per heavy atom. The zero-order chi connectivity index (χ0) is 16.5. The predicted octanol–water partition coefficient (Wildman–Crippen LogP) is 1.64. The first kappa shape index (κ1) is 15.1. The van der Waals surface area contributed by atoms with E-state index in [1.807, 2.05) is 30.3 Å². The molecule has 4 rings (SSSR count). The van der Waals surface area contributed by atoms with Crippen LogP contribution in [0.1, 0.15) is 24.8 Å². The van der Waals surface area contributed by atoms with E-state index in [0.29, 0.717) is 17.5 Å². The minimum Gasteiger partial charge on any atom is -0.507 e. The van der Waals surface area contributed by atoms with E-state index in [1.165, 1.54) is 19.1 Å². The molecule has 2 aromatic rings. The number of hydrogen-bond acceptors (Lipinski definition) is 5. The maximum absolute atomic E-state index is 12.2. The number of rotatable bonds is 4. The number of hydrogen-bond donors (Lipinski definition) is 4. The number of phenolic OH excluding ortho intramolecular Hbond substituents is 1. The van der Waals surface area contributed by atoms with Crippen molar-refractivity contribution in [2.45, 2.75) is 31.3 Å². The van der Waals surface area contributed by atoms with E-state index in [9.17, 15) is 9.90 Å². The molecule has 1 aliphatic heterocycles. The molecule has 0 radical (unpaired) electrons. The van der Waals surface area contributed by atoms with Crippen LogP contribution >= 0.6 is 0 Å². The molecule has 2 atom stereocenters. The first-order chi connectivity index (χ1) is 11.7. The Labute approximate surface area is 139 Å². The van der Waals surface area contributed by atoms with Gasteiger partial charge in [0.1, 0.15) is 11.8 Å². The van der Waals surface area contributed by atoms with Crippen LogP contribution in [0.3, 0.4) is 0 Å². The molecule has 24 heavy (non-hydrogen) atoms. The second kappa shape index (κ2) is 6.22. The van der Waals surface area contributed by atoms with Gasteiger partial charge in [0.05, 0.1) is 6.21 Å². The molecule has 1 saturated carbocycles. The van der Waals surface area contributed by atoms with Crippen LogP contribution in [0.25, 0.3) is 10.8 Å². The number of hydrazine groups is 1. The number of benzene rings is 2. The molecule has 0 spiro atoms. The molecule has 6 heteroatoms. The zero-order valence-corrected chi connectivity index (χ0v) is 13.2. The molecule has 0 aromatic heterocycles. The van der Waals surface area contributed by atoms with Crippen LogP contribution in [0, 0.1) is 5.92 Å². The normalized spacial score (nSPS) is 23.8. The number of nitrogens with one attached hydrogen (secondary N) is 3. The van der Waals surface area contributed by atoms with Crippen LogP contribution in [-0.2, 0) is 4.79 Å². The monoisotopic (exact) mass is 324 g/mol. The Morgan fingerprint density at radius 1 is 1.21 bits per heavy atom. The van der Waals surface area contributed by atoms with Gasteiger partial charge >= 0.3 is 0 Å². The summed E-state index contributed by atoms with van der Waals surface area (Å²) in [5, 5.41) is 16.0. The summed E-state index contributed by atoms with van der Waals surface area (Å²) in [6.07, 6.45) is 4.76. The molecule has 2 aliphatic rings. The molecular weight excluding hydrogens is 304 g/mol. The highest BCUT2D eigenvalue weighted by Crippen LogP contribution is 2.35. The molecule has 0 bridgehead atoms. The van der Waals surface area contributed by atoms with Gasteiger partial charge in [-0.05, 0) is 42.0 Å². The summed E-state index contributed by atoms with van der Waals surface area (Å²) in [7, 11) is 0. The highest BCUT2D eigenvalue weighted by molar-refractivity contribution is 6.02. The van der Waals surface area contributed by atoms with E-state index in [-0.39, 0.29) is 17.7 Å². The van der Waals surface area contributed by atoms with Crippen molar-refractivity contribution in [1.29, 1.82) is 0 Å². The van der Waals surface area contributed by atoms with Gasteiger partial charge in [0.15, 0.2) is 0 Å². The number of nitrogens with zero attached hydrogens (tertiary/aromatic N) is 1. The lowest BCUT2D eigenvalue weighted by Crippen LogP contribution is -2.42. The molecular formula is C18H20N4O2. The minimum atomic E-state index is -0.270. The van der Waals surface area contributed by atoms with Gasteiger partial charge in [-0.1, -0.05) is 30.3 Å². The maximum Gasteiger partial charge on any atom is 0.258 e. The smallest absolute Gasteiger partial charge is 0.258 e. The molecule has 2 fully saturated rings. The van der Waals surface area contributed by atoms with Gasteiger partial charge in [-0.3, -0.25) is 10.2 Å². The van der Waals surface area contributed by atoms with Gasteiger partial charge in [0, 0.05) is 11.6 Å². The third kappa shape index (κ3) is 2.98.